The predicted octanol–water partition coefficient (Wildman–Crippen LogP) is 4.65. The highest BCUT2D eigenvalue weighted by Gasteiger charge is 2.07. The van der Waals surface area contributed by atoms with Gasteiger partial charge in [-0.3, -0.25) is 9.55 Å². The molecule has 0 unspecified atom stereocenters. The normalized spacial score (nSPS) is 10.8. The Morgan fingerprint density at radius 3 is 2.40 bits per heavy atom. The van der Waals surface area contributed by atoms with Crippen molar-refractivity contribution in [3.8, 4) is 0 Å². The molecule has 0 bridgehead atoms. The predicted molar refractivity (Wildman–Crippen MR) is 103 cm³/mol. The van der Waals surface area contributed by atoms with Gasteiger partial charge in [0.25, 0.3) is 0 Å². The Kier molecular flexibility index (Phi) is 5.29. The van der Waals surface area contributed by atoms with E-state index in [9.17, 15) is 9.59 Å². The first-order valence-electron chi connectivity index (χ1n) is 7.55. The van der Waals surface area contributed by atoms with Crippen LogP contribution in [0.4, 0.5) is 0 Å². The molecule has 2 heterocycles. The summed E-state index contributed by atoms with van der Waals surface area (Å²) in [4.78, 5) is 24.6. The molecule has 2 aromatic carbocycles. The highest BCUT2D eigenvalue weighted by atomic mass is 79.9. The molecule has 0 fully saturated rings. The van der Waals surface area contributed by atoms with Crippen molar-refractivity contribution in [2.24, 2.45) is 0 Å². The number of nitrogens with zero attached hydrogens (tertiary/aromatic N) is 1. The van der Waals surface area contributed by atoms with Crippen LogP contribution >= 0.6 is 31.9 Å². The fraction of sp³-hybridized carbons (Fsp3) is 0.176. The lowest BCUT2D eigenvalue weighted by atomic mass is 10.3. The molecule has 4 rings (SSSR count). The van der Waals surface area contributed by atoms with E-state index in [2.05, 4.69) is 36.8 Å². The van der Waals surface area contributed by atoms with Crippen LogP contribution in [0.3, 0.4) is 0 Å². The Bertz CT molecular complexity index is 1140. The lowest BCUT2D eigenvalue weighted by Crippen LogP contribution is -2.13. The van der Waals surface area contributed by atoms with Crippen LogP contribution in [0, 0.1) is 0 Å². The first-order chi connectivity index (χ1) is 12.0. The second kappa shape index (κ2) is 7.45. The van der Waals surface area contributed by atoms with Crippen LogP contribution < -0.4 is 11.5 Å². The highest BCUT2D eigenvalue weighted by molar-refractivity contribution is 9.10. The highest BCUT2D eigenvalue weighted by Crippen LogP contribution is 2.19. The number of oxazole rings is 2. The number of hydrogen-bond donors (Lipinski definition) is 1. The molecule has 130 valence electrons. The summed E-state index contributed by atoms with van der Waals surface area (Å²) in [7, 11) is 0. The van der Waals surface area contributed by atoms with E-state index >= 15 is 0 Å². The van der Waals surface area contributed by atoms with Crippen molar-refractivity contribution in [3.05, 3.63) is 66.4 Å². The van der Waals surface area contributed by atoms with E-state index < -0.39 is 5.76 Å². The summed E-state index contributed by atoms with van der Waals surface area (Å²) in [5.74, 6) is -0.696. The fourth-order valence-corrected chi connectivity index (χ4v) is 3.10. The molecule has 4 aromatic rings. The number of nitrogens with one attached hydrogen (secondary N) is 1. The zero-order valence-electron chi connectivity index (χ0n) is 13.2. The standard InChI is InChI=1S/C10H10BrNO2.C7H4BrNO2/c1-2-5-12-8-6-7(11)3-4-9(8)14-10(12)13;8-4-1-2-6-5(3-4)9-7(10)11-6/h3-4,6H,2,5H2,1H3;1-3H,(H,9,10). The average molecular weight is 470 g/mol. The van der Waals surface area contributed by atoms with E-state index in [0.717, 1.165) is 20.9 Å². The summed E-state index contributed by atoms with van der Waals surface area (Å²) in [5, 5.41) is 0. The average Bonchev–Trinajstić information content (AvgIpc) is 3.07. The zero-order valence-corrected chi connectivity index (χ0v) is 16.4. The molecule has 0 aliphatic carbocycles. The summed E-state index contributed by atoms with van der Waals surface area (Å²) in [6.07, 6.45) is 0.918. The number of H-pyrrole nitrogens is 1. The third-order valence-corrected chi connectivity index (χ3v) is 4.44. The van der Waals surface area contributed by atoms with E-state index in [4.69, 9.17) is 8.83 Å². The number of benzene rings is 2. The third-order valence-electron chi connectivity index (χ3n) is 3.46. The number of hydrogen-bond acceptors (Lipinski definition) is 4. The number of aromatic nitrogens is 2. The first-order valence-corrected chi connectivity index (χ1v) is 9.14. The molecule has 0 atom stereocenters. The molecular weight excluding hydrogens is 456 g/mol. The minimum atomic E-state index is -0.418. The van der Waals surface area contributed by atoms with Gasteiger partial charge >= 0.3 is 11.5 Å². The van der Waals surface area contributed by atoms with Gasteiger partial charge in [-0.15, -0.1) is 0 Å². The minimum absolute atomic E-state index is 0.278. The van der Waals surface area contributed by atoms with Crippen LogP contribution in [0.5, 0.6) is 0 Å². The molecule has 0 saturated heterocycles. The fourth-order valence-electron chi connectivity index (χ4n) is 2.39. The van der Waals surface area contributed by atoms with E-state index in [-0.39, 0.29) is 5.76 Å². The minimum Gasteiger partial charge on any atom is -0.408 e. The van der Waals surface area contributed by atoms with Gasteiger partial charge in [-0.2, -0.15) is 0 Å². The lowest BCUT2D eigenvalue weighted by Gasteiger charge is -1.97. The SMILES string of the molecule is CCCn1c(=O)oc2ccc(Br)cc21.O=c1[nH]c2cc(Br)ccc2o1. The van der Waals surface area contributed by atoms with Gasteiger partial charge in [0.2, 0.25) is 0 Å². The van der Waals surface area contributed by atoms with Crippen LogP contribution in [0.2, 0.25) is 0 Å². The molecule has 0 spiro atoms. The quantitative estimate of drug-likeness (QED) is 0.463. The van der Waals surface area contributed by atoms with Crippen LogP contribution in [0.1, 0.15) is 13.3 Å². The summed E-state index contributed by atoms with van der Waals surface area (Å²) >= 11 is 6.65. The first kappa shape index (κ1) is 17.8. The van der Waals surface area contributed by atoms with Crippen molar-refractivity contribution in [2.45, 2.75) is 19.9 Å². The summed E-state index contributed by atoms with van der Waals surface area (Å²) in [6, 6.07) is 10.9. The molecule has 0 aliphatic rings. The Hall–Kier alpha value is -2.06. The van der Waals surface area contributed by atoms with Crippen molar-refractivity contribution in [3.63, 3.8) is 0 Å². The van der Waals surface area contributed by atoms with Gasteiger partial charge in [0.15, 0.2) is 11.2 Å². The molecule has 0 radical (unpaired) electrons. The number of aryl methyl sites for hydroxylation is 1. The zero-order chi connectivity index (χ0) is 18.0. The van der Waals surface area contributed by atoms with Gasteiger partial charge in [0, 0.05) is 15.5 Å². The smallest absolute Gasteiger partial charge is 0.408 e. The molecule has 0 amide bonds. The second-order valence-electron chi connectivity index (χ2n) is 5.29. The van der Waals surface area contributed by atoms with E-state index in [1.165, 1.54) is 0 Å². The Labute approximate surface area is 158 Å². The van der Waals surface area contributed by atoms with Crippen molar-refractivity contribution < 1.29 is 8.83 Å². The molecule has 2 aromatic heterocycles. The summed E-state index contributed by atoms with van der Waals surface area (Å²) in [6.45, 7) is 2.73. The van der Waals surface area contributed by atoms with E-state index in [1.54, 1.807) is 22.8 Å². The van der Waals surface area contributed by atoms with Crippen molar-refractivity contribution >= 4 is 54.1 Å². The third kappa shape index (κ3) is 3.96. The topological polar surface area (TPSA) is 81.1 Å². The number of aromatic amines is 1. The molecule has 0 saturated carbocycles. The Morgan fingerprint density at radius 2 is 1.68 bits per heavy atom. The van der Waals surface area contributed by atoms with Crippen LogP contribution in [-0.2, 0) is 6.54 Å². The Morgan fingerprint density at radius 1 is 1.00 bits per heavy atom. The van der Waals surface area contributed by atoms with Gasteiger partial charge in [-0.25, -0.2) is 9.59 Å². The van der Waals surface area contributed by atoms with Gasteiger partial charge < -0.3 is 8.83 Å². The monoisotopic (exact) mass is 468 g/mol. The number of halogens is 2. The maximum atomic E-state index is 11.4. The van der Waals surface area contributed by atoms with Gasteiger partial charge in [0.05, 0.1) is 11.0 Å². The largest absolute Gasteiger partial charge is 0.419 e. The molecule has 0 aliphatic heterocycles. The van der Waals surface area contributed by atoms with Crippen LogP contribution in [-0.4, -0.2) is 9.55 Å². The van der Waals surface area contributed by atoms with E-state index in [0.29, 0.717) is 23.2 Å². The molecule has 25 heavy (non-hydrogen) atoms. The molecule has 8 heteroatoms. The van der Waals surface area contributed by atoms with Gasteiger partial charge in [-0.05, 0) is 42.8 Å². The van der Waals surface area contributed by atoms with Crippen LogP contribution in [0.25, 0.3) is 22.2 Å². The van der Waals surface area contributed by atoms with E-state index in [1.807, 2.05) is 25.1 Å². The van der Waals surface area contributed by atoms with Crippen LogP contribution in [0.15, 0.2) is 63.8 Å². The van der Waals surface area contributed by atoms with Gasteiger partial charge in [0.1, 0.15) is 0 Å². The van der Waals surface area contributed by atoms with Gasteiger partial charge in [-0.1, -0.05) is 38.8 Å². The molecule has 6 nitrogen and oxygen atoms in total. The second-order valence-corrected chi connectivity index (χ2v) is 7.12. The van der Waals surface area contributed by atoms with Crippen molar-refractivity contribution in [1.29, 1.82) is 0 Å². The van der Waals surface area contributed by atoms with Crippen molar-refractivity contribution in [2.75, 3.05) is 0 Å². The molecule has 1 N–H and O–H groups in total. The van der Waals surface area contributed by atoms with Crippen molar-refractivity contribution in [1.82, 2.24) is 9.55 Å². The molecular formula is C17H14Br2N2O4. The maximum Gasteiger partial charge on any atom is 0.419 e. The summed E-state index contributed by atoms with van der Waals surface area (Å²) in [5.41, 5.74) is 2.79. The number of rotatable bonds is 2. The Balaban J connectivity index is 0.000000150. The lowest BCUT2D eigenvalue weighted by molar-refractivity contribution is 0.502. The number of fused-ring (bicyclic) bond motifs is 2. The maximum absolute atomic E-state index is 11.4. The summed E-state index contributed by atoms with van der Waals surface area (Å²) < 4.78 is 13.4.